The summed E-state index contributed by atoms with van der Waals surface area (Å²) < 4.78 is 24.3. The van der Waals surface area contributed by atoms with Crippen LogP contribution in [0.3, 0.4) is 0 Å². The summed E-state index contributed by atoms with van der Waals surface area (Å²) in [6.07, 6.45) is 0. The topological polar surface area (TPSA) is 37.4 Å². The zero-order valence-electron chi connectivity index (χ0n) is 10.0. The lowest BCUT2D eigenvalue weighted by atomic mass is 10.2. The molecule has 0 unspecified atom stereocenters. The first-order valence-electron chi connectivity index (χ1n) is 5.51. The Morgan fingerprint density at radius 2 is 1.61 bits per heavy atom. The Balaban J connectivity index is 2.54. The van der Waals surface area contributed by atoms with Crippen molar-refractivity contribution in [2.45, 2.75) is 6.92 Å². The molecule has 0 saturated carbocycles. The second-order valence-electron chi connectivity index (χ2n) is 4.00. The van der Waals surface area contributed by atoms with Crippen LogP contribution in [-0.2, 0) is 10.9 Å². The number of nitrogens with zero attached hydrogens (tertiary/aromatic N) is 1. The van der Waals surface area contributed by atoms with Crippen LogP contribution in [0.1, 0.15) is 11.1 Å². The molecular formula is C14H14NO2S. The Bertz CT molecular complexity index is 610. The number of benzene rings is 2. The summed E-state index contributed by atoms with van der Waals surface area (Å²) in [7, 11) is -2.73. The van der Waals surface area contributed by atoms with E-state index in [1.54, 1.807) is 30.3 Å². The van der Waals surface area contributed by atoms with Gasteiger partial charge in [0.2, 0.25) is 10.9 Å². The van der Waals surface area contributed by atoms with Gasteiger partial charge in [-0.15, -0.1) is 0 Å². The molecule has 0 spiro atoms. The second kappa shape index (κ2) is 5.23. The Kier molecular flexibility index (Phi) is 3.67. The molecule has 0 aromatic heterocycles. The smallest absolute Gasteiger partial charge is 0.229 e. The van der Waals surface area contributed by atoms with E-state index < -0.39 is 10.9 Å². The fourth-order valence-electron chi connectivity index (χ4n) is 1.76. The first-order valence-corrected chi connectivity index (χ1v) is 6.64. The van der Waals surface area contributed by atoms with Crippen LogP contribution in [0.15, 0.2) is 48.5 Å². The van der Waals surface area contributed by atoms with Gasteiger partial charge in [-0.2, -0.15) is 0 Å². The molecule has 0 saturated heterocycles. The molecule has 3 nitrogen and oxygen atoms in total. The number of aryl methyl sites for hydroxylation is 1. The molecule has 0 aliphatic rings. The molecule has 4 heteroatoms. The largest absolute Gasteiger partial charge is 0.240 e. The van der Waals surface area contributed by atoms with E-state index in [2.05, 4.69) is 6.92 Å². The van der Waals surface area contributed by atoms with E-state index in [1.807, 2.05) is 25.1 Å². The van der Waals surface area contributed by atoms with Crippen molar-refractivity contribution in [3.8, 4) is 0 Å². The summed E-state index contributed by atoms with van der Waals surface area (Å²) in [4.78, 5) is 0. The maximum absolute atomic E-state index is 11.5. The molecule has 93 valence electrons. The summed E-state index contributed by atoms with van der Waals surface area (Å²) in [5, 5.41) is 0. The number of anilines is 2. The van der Waals surface area contributed by atoms with Crippen LogP contribution in [0.2, 0.25) is 0 Å². The minimum Gasteiger partial charge on any atom is -0.240 e. The van der Waals surface area contributed by atoms with E-state index in [1.165, 1.54) is 4.31 Å². The van der Waals surface area contributed by atoms with Crippen molar-refractivity contribution in [3.05, 3.63) is 66.6 Å². The molecule has 18 heavy (non-hydrogen) atoms. The van der Waals surface area contributed by atoms with Crippen molar-refractivity contribution in [1.82, 2.24) is 0 Å². The standard InChI is InChI=1S/C14H14NO2S/c1-11-7-9-13(10-8-11)15(18(16)17)14-6-4-3-5-12(14)2/h3-10,18H,1H2,2H3. The average molecular weight is 260 g/mol. The summed E-state index contributed by atoms with van der Waals surface area (Å²) in [6, 6.07) is 14.5. The molecule has 2 rings (SSSR count). The van der Waals surface area contributed by atoms with Crippen LogP contribution in [0.5, 0.6) is 0 Å². The molecule has 0 fully saturated rings. The fraction of sp³-hybridized carbons (Fsp3) is 0.0714. The minimum atomic E-state index is -2.73. The summed E-state index contributed by atoms with van der Waals surface area (Å²) >= 11 is 0. The van der Waals surface area contributed by atoms with Gasteiger partial charge >= 0.3 is 0 Å². The van der Waals surface area contributed by atoms with Gasteiger partial charge < -0.3 is 0 Å². The van der Waals surface area contributed by atoms with Crippen molar-refractivity contribution in [1.29, 1.82) is 0 Å². The van der Waals surface area contributed by atoms with Crippen molar-refractivity contribution >= 4 is 22.3 Å². The fourth-order valence-corrected chi connectivity index (χ4v) is 2.48. The third-order valence-corrected chi connectivity index (χ3v) is 3.46. The van der Waals surface area contributed by atoms with E-state index in [0.717, 1.165) is 11.1 Å². The van der Waals surface area contributed by atoms with Crippen LogP contribution in [0.4, 0.5) is 11.4 Å². The molecule has 1 radical (unpaired) electrons. The highest BCUT2D eigenvalue weighted by Crippen LogP contribution is 2.28. The zero-order valence-corrected chi connectivity index (χ0v) is 10.9. The molecule has 0 bridgehead atoms. The molecular weight excluding hydrogens is 246 g/mol. The SMILES string of the molecule is [CH2]c1ccc(N(c2ccccc2C)[SH](=O)=O)cc1. The number of rotatable bonds is 3. The van der Waals surface area contributed by atoms with Crippen LogP contribution in [0, 0.1) is 13.8 Å². The van der Waals surface area contributed by atoms with Crippen LogP contribution in [-0.4, -0.2) is 8.42 Å². The molecule has 2 aromatic rings. The lowest BCUT2D eigenvalue weighted by molar-refractivity contribution is 0.614. The van der Waals surface area contributed by atoms with Crippen LogP contribution >= 0.6 is 0 Å². The number of thiol groups is 1. The van der Waals surface area contributed by atoms with E-state index in [4.69, 9.17) is 0 Å². The van der Waals surface area contributed by atoms with Gasteiger partial charge in [0.25, 0.3) is 0 Å². The van der Waals surface area contributed by atoms with Gasteiger partial charge in [0.1, 0.15) is 0 Å². The first kappa shape index (κ1) is 12.6. The lowest BCUT2D eigenvalue weighted by Gasteiger charge is -2.19. The number of para-hydroxylation sites is 1. The Hall–Kier alpha value is -1.81. The van der Waals surface area contributed by atoms with Crippen molar-refractivity contribution in [3.63, 3.8) is 0 Å². The van der Waals surface area contributed by atoms with Gasteiger partial charge in [0.05, 0.1) is 11.4 Å². The highest BCUT2D eigenvalue weighted by molar-refractivity contribution is 7.74. The zero-order chi connectivity index (χ0) is 13.1. The third-order valence-electron chi connectivity index (χ3n) is 2.69. The molecule has 0 amide bonds. The predicted octanol–water partition coefficient (Wildman–Crippen LogP) is 2.84. The van der Waals surface area contributed by atoms with Crippen molar-refractivity contribution in [2.75, 3.05) is 4.31 Å². The Morgan fingerprint density at radius 3 is 2.17 bits per heavy atom. The maximum atomic E-state index is 11.5. The van der Waals surface area contributed by atoms with Crippen LogP contribution in [0.25, 0.3) is 0 Å². The van der Waals surface area contributed by atoms with Crippen LogP contribution < -0.4 is 4.31 Å². The highest BCUT2D eigenvalue weighted by Gasteiger charge is 2.13. The number of hydrogen-bond donors (Lipinski definition) is 1. The molecule has 2 aromatic carbocycles. The first-order chi connectivity index (χ1) is 8.59. The maximum Gasteiger partial charge on any atom is 0.229 e. The monoisotopic (exact) mass is 260 g/mol. The van der Waals surface area contributed by atoms with Crippen molar-refractivity contribution < 1.29 is 8.42 Å². The summed E-state index contributed by atoms with van der Waals surface area (Å²) in [5.41, 5.74) is 3.05. The summed E-state index contributed by atoms with van der Waals surface area (Å²) in [5.74, 6) is 0. The number of hydrogen-bond acceptors (Lipinski definition) is 2. The molecule has 0 N–H and O–H groups in total. The summed E-state index contributed by atoms with van der Waals surface area (Å²) in [6.45, 7) is 5.67. The predicted molar refractivity (Wildman–Crippen MR) is 74.5 cm³/mol. The van der Waals surface area contributed by atoms with E-state index in [-0.39, 0.29) is 0 Å². The Labute approximate surface area is 109 Å². The Morgan fingerprint density at radius 1 is 1.00 bits per heavy atom. The van der Waals surface area contributed by atoms with Gasteiger partial charge in [-0.3, -0.25) is 0 Å². The minimum absolute atomic E-state index is 0.618. The van der Waals surface area contributed by atoms with Gasteiger partial charge in [-0.25, -0.2) is 12.7 Å². The lowest BCUT2D eigenvalue weighted by Crippen LogP contribution is -2.15. The van der Waals surface area contributed by atoms with Crippen molar-refractivity contribution in [2.24, 2.45) is 0 Å². The normalized spacial score (nSPS) is 10.6. The van der Waals surface area contributed by atoms with E-state index >= 15 is 0 Å². The van der Waals surface area contributed by atoms with E-state index in [9.17, 15) is 8.42 Å². The molecule has 0 aliphatic heterocycles. The average Bonchev–Trinajstić information content (AvgIpc) is 2.34. The molecule has 0 aliphatic carbocycles. The van der Waals surface area contributed by atoms with Gasteiger partial charge in [-0.1, -0.05) is 30.3 Å². The van der Waals surface area contributed by atoms with Gasteiger partial charge in [0.15, 0.2) is 0 Å². The van der Waals surface area contributed by atoms with E-state index in [0.29, 0.717) is 11.4 Å². The third kappa shape index (κ3) is 2.54. The molecule has 0 heterocycles. The van der Waals surface area contributed by atoms with Gasteiger partial charge in [-0.05, 0) is 43.2 Å². The highest BCUT2D eigenvalue weighted by atomic mass is 32.2. The van der Waals surface area contributed by atoms with Gasteiger partial charge in [0, 0.05) is 0 Å². The second-order valence-corrected chi connectivity index (χ2v) is 4.88. The quantitative estimate of drug-likeness (QED) is 0.862. The molecule has 0 atom stereocenters.